The molecule has 112 valence electrons. The average molecular weight is 331 g/mol. The van der Waals surface area contributed by atoms with E-state index in [1.807, 2.05) is 23.6 Å². The molecule has 4 nitrogen and oxygen atoms in total. The van der Waals surface area contributed by atoms with Gasteiger partial charge in [0.15, 0.2) is 10.8 Å². The smallest absolute Gasteiger partial charge is 0.260 e. The van der Waals surface area contributed by atoms with E-state index in [1.54, 1.807) is 20.1 Å². The highest BCUT2D eigenvalue weighted by Crippen LogP contribution is 2.25. The van der Waals surface area contributed by atoms with Crippen LogP contribution in [-0.4, -0.2) is 17.9 Å². The van der Waals surface area contributed by atoms with E-state index in [2.05, 4.69) is 4.98 Å². The van der Waals surface area contributed by atoms with Gasteiger partial charge in [0.05, 0.1) is 12.7 Å². The number of fused-ring (bicyclic) bond motifs is 1. The maximum atomic E-state index is 12.4. The van der Waals surface area contributed by atoms with E-state index in [-0.39, 0.29) is 16.9 Å². The van der Waals surface area contributed by atoms with Crippen molar-refractivity contribution in [2.24, 2.45) is 0 Å². The first kappa shape index (κ1) is 14.7. The highest BCUT2D eigenvalue weighted by molar-refractivity contribution is 7.16. The Balaban J connectivity index is 1.96. The monoisotopic (exact) mass is 331 g/mol. The van der Waals surface area contributed by atoms with Crippen LogP contribution in [0, 0.1) is 6.92 Å². The van der Waals surface area contributed by atoms with Gasteiger partial charge in [0.1, 0.15) is 4.83 Å². The predicted octanol–water partition coefficient (Wildman–Crippen LogP) is 3.86. The minimum Gasteiger partial charge on any atom is -0.487 e. The highest BCUT2D eigenvalue weighted by Gasteiger charge is 2.15. The molecule has 0 fully saturated rings. The molecule has 0 spiro atoms. The Hall–Kier alpha value is -2.18. The molecule has 0 aliphatic rings. The zero-order valence-electron chi connectivity index (χ0n) is 12.0. The molecule has 0 bridgehead atoms. The Labute approximate surface area is 134 Å². The van der Waals surface area contributed by atoms with Crippen molar-refractivity contribution in [1.82, 2.24) is 4.98 Å². The Morgan fingerprint density at radius 2 is 2.14 bits per heavy atom. The lowest BCUT2D eigenvalue weighted by atomic mass is 10.0. The van der Waals surface area contributed by atoms with Gasteiger partial charge >= 0.3 is 0 Å². The number of aromatic amines is 1. The summed E-state index contributed by atoms with van der Waals surface area (Å²) in [6, 6.07) is 5.62. The molecule has 3 aromatic heterocycles. The SMILES string of the molecule is COc1ccc(C=CC(=O)c2c(C)c3ccsc3[nH]c2=O)s1. The van der Waals surface area contributed by atoms with E-state index in [4.69, 9.17) is 4.74 Å². The number of carbonyl (C=O) groups is 1. The lowest BCUT2D eigenvalue weighted by Crippen LogP contribution is -2.18. The molecular weight excluding hydrogens is 318 g/mol. The normalized spacial score (nSPS) is 11.4. The number of thiophene rings is 2. The number of H-pyrrole nitrogens is 1. The number of aromatic nitrogens is 1. The summed E-state index contributed by atoms with van der Waals surface area (Å²) in [7, 11) is 1.60. The molecule has 0 aliphatic heterocycles. The van der Waals surface area contributed by atoms with Crippen LogP contribution >= 0.6 is 22.7 Å². The van der Waals surface area contributed by atoms with Crippen LogP contribution in [0.25, 0.3) is 16.3 Å². The fraction of sp³-hybridized carbons (Fsp3) is 0.125. The van der Waals surface area contributed by atoms with Gasteiger partial charge in [-0.25, -0.2) is 0 Å². The summed E-state index contributed by atoms with van der Waals surface area (Å²) in [5.41, 5.74) is 0.579. The zero-order valence-corrected chi connectivity index (χ0v) is 13.6. The van der Waals surface area contributed by atoms with Crippen molar-refractivity contribution in [3.63, 3.8) is 0 Å². The van der Waals surface area contributed by atoms with E-state index in [0.717, 1.165) is 25.7 Å². The van der Waals surface area contributed by atoms with Gasteiger partial charge in [-0.2, -0.15) is 0 Å². The molecule has 0 atom stereocenters. The number of ketones is 1. The van der Waals surface area contributed by atoms with Crippen molar-refractivity contribution in [2.75, 3.05) is 7.11 Å². The molecule has 0 saturated carbocycles. The summed E-state index contributed by atoms with van der Waals surface area (Å²) < 4.78 is 5.11. The number of hydrogen-bond acceptors (Lipinski definition) is 5. The highest BCUT2D eigenvalue weighted by atomic mass is 32.1. The average Bonchev–Trinajstić information content (AvgIpc) is 3.13. The maximum absolute atomic E-state index is 12.4. The van der Waals surface area contributed by atoms with E-state index in [9.17, 15) is 9.59 Å². The van der Waals surface area contributed by atoms with Crippen LogP contribution in [0.15, 0.2) is 34.4 Å². The second-order valence-corrected chi connectivity index (χ2v) is 6.67. The molecule has 0 radical (unpaired) electrons. The maximum Gasteiger partial charge on any atom is 0.260 e. The van der Waals surface area contributed by atoms with Crippen LogP contribution in [-0.2, 0) is 0 Å². The zero-order chi connectivity index (χ0) is 15.7. The number of methoxy groups -OCH3 is 1. The lowest BCUT2D eigenvalue weighted by Gasteiger charge is -2.02. The molecule has 1 N–H and O–H groups in total. The van der Waals surface area contributed by atoms with Gasteiger partial charge in [0.25, 0.3) is 5.56 Å². The summed E-state index contributed by atoms with van der Waals surface area (Å²) in [5, 5.41) is 3.59. The summed E-state index contributed by atoms with van der Waals surface area (Å²) in [5.74, 6) is -0.292. The van der Waals surface area contributed by atoms with Crippen molar-refractivity contribution >= 4 is 44.7 Å². The van der Waals surface area contributed by atoms with Crippen LogP contribution in [0.3, 0.4) is 0 Å². The third-order valence-corrected chi connectivity index (χ3v) is 5.19. The third-order valence-electron chi connectivity index (χ3n) is 3.35. The van der Waals surface area contributed by atoms with Gasteiger partial charge in [-0.3, -0.25) is 9.59 Å². The largest absolute Gasteiger partial charge is 0.487 e. The first-order valence-electron chi connectivity index (χ1n) is 6.56. The molecule has 0 saturated heterocycles. The fourth-order valence-corrected chi connectivity index (χ4v) is 3.81. The number of hydrogen-bond donors (Lipinski definition) is 1. The summed E-state index contributed by atoms with van der Waals surface area (Å²) in [6.07, 6.45) is 3.13. The molecule has 0 amide bonds. The number of carbonyl (C=O) groups excluding carboxylic acids is 1. The van der Waals surface area contributed by atoms with Crippen LogP contribution in [0.4, 0.5) is 0 Å². The summed E-state index contributed by atoms with van der Waals surface area (Å²) in [4.78, 5) is 29.0. The van der Waals surface area contributed by atoms with Crippen LogP contribution in [0.5, 0.6) is 5.06 Å². The number of aryl methyl sites for hydroxylation is 1. The molecule has 3 heterocycles. The van der Waals surface area contributed by atoms with Crippen molar-refractivity contribution in [2.45, 2.75) is 6.92 Å². The van der Waals surface area contributed by atoms with Gasteiger partial charge in [0.2, 0.25) is 0 Å². The van der Waals surface area contributed by atoms with Crippen LogP contribution in [0.2, 0.25) is 0 Å². The van der Waals surface area contributed by atoms with E-state index >= 15 is 0 Å². The predicted molar refractivity (Wildman–Crippen MR) is 91.4 cm³/mol. The molecule has 0 aromatic carbocycles. The van der Waals surface area contributed by atoms with E-state index in [1.165, 1.54) is 28.7 Å². The molecule has 22 heavy (non-hydrogen) atoms. The molecule has 0 aliphatic carbocycles. The Bertz CT molecular complexity index is 930. The number of pyridine rings is 1. The second kappa shape index (κ2) is 5.90. The summed E-state index contributed by atoms with van der Waals surface area (Å²) in [6.45, 7) is 1.81. The standard InChI is InChI=1S/C16H13NO3S2/c1-9-11-7-8-21-16(11)17-15(19)14(9)12(18)5-3-10-4-6-13(20-2)22-10/h3-8H,1-2H3,(H,17,19). The summed E-state index contributed by atoms with van der Waals surface area (Å²) >= 11 is 2.89. The Morgan fingerprint density at radius 3 is 2.86 bits per heavy atom. The topological polar surface area (TPSA) is 59.2 Å². The van der Waals surface area contributed by atoms with Crippen molar-refractivity contribution in [1.29, 1.82) is 0 Å². The molecule has 6 heteroatoms. The molecule has 3 rings (SSSR count). The minimum absolute atomic E-state index is 0.200. The van der Waals surface area contributed by atoms with E-state index in [0.29, 0.717) is 0 Å². The van der Waals surface area contributed by atoms with Gasteiger partial charge in [0, 0.05) is 10.3 Å². The fourth-order valence-electron chi connectivity index (χ4n) is 2.24. The third kappa shape index (κ3) is 2.63. The van der Waals surface area contributed by atoms with E-state index < -0.39 is 0 Å². The molecule has 3 aromatic rings. The van der Waals surface area contributed by atoms with Crippen molar-refractivity contribution in [3.05, 3.63) is 56.0 Å². The number of allylic oxidation sites excluding steroid dienone is 1. The van der Waals surface area contributed by atoms with Gasteiger partial charge in [-0.05, 0) is 48.2 Å². The first-order valence-corrected chi connectivity index (χ1v) is 8.26. The quantitative estimate of drug-likeness (QED) is 0.583. The second-order valence-electron chi connectivity index (χ2n) is 4.68. The Kier molecular flexibility index (Phi) is 3.96. The van der Waals surface area contributed by atoms with Crippen LogP contribution < -0.4 is 10.3 Å². The minimum atomic E-state index is -0.342. The van der Waals surface area contributed by atoms with Gasteiger partial charge in [-0.1, -0.05) is 11.3 Å². The number of rotatable bonds is 4. The first-order chi connectivity index (χ1) is 10.6. The van der Waals surface area contributed by atoms with Crippen molar-refractivity contribution < 1.29 is 9.53 Å². The lowest BCUT2D eigenvalue weighted by molar-refractivity contribution is 0.104. The number of ether oxygens (including phenoxy) is 1. The van der Waals surface area contributed by atoms with Gasteiger partial charge < -0.3 is 9.72 Å². The number of nitrogens with one attached hydrogen (secondary N) is 1. The Morgan fingerprint density at radius 1 is 1.32 bits per heavy atom. The van der Waals surface area contributed by atoms with Crippen molar-refractivity contribution in [3.8, 4) is 5.06 Å². The van der Waals surface area contributed by atoms with Gasteiger partial charge in [-0.15, -0.1) is 11.3 Å². The molecule has 0 unspecified atom stereocenters. The molecular formula is C16H13NO3S2. The van der Waals surface area contributed by atoms with Crippen LogP contribution in [0.1, 0.15) is 20.8 Å².